The first-order valence-corrected chi connectivity index (χ1v) is 58.1. The van der Waals surface area contributed by atoms with Gasteiger partial charge in [0, 0.05) is 153 Å². The summed E-state index contributed by atoms with van der Waals surface area (Å²) in [6, 6.07) is 53.5. The van der Waals surface area contributed by atoms with Gasteiger partial charge in [-0.2, -0.15) is 13.2 Å². The average Bonchev–Trinajstić information content (AvgIpc) is 1.17. The van der Waals surface area contributed by atoms with Crippen molar-refractivity contribution in [2.75, 3.05) is 143 Å². The van der Waals surface area contributed by atoms with Crippen LogP contribution >= 0.6 is 0 Å². The Bertz CT molecular complexity index is 5390. The van der Waals surface area contributed by atoms with Gasteiger partial charge in [-0.3, -0.25) is 19.5 Å². The minimum Gasteiger partial charge on any atom is -0.382 e. The first-order valence-electron chi connectivity index (χ1n) is 56.2. The Labute approximate surface area is 907 Å². The summed E-state index contributed by atoms with van der Waals surface area (Å²) in [4.78, 5) is 47.6. The third-order valence-electron chi connectivity index (χ3n) is 30.5. The molecule has 4 unspecified atom stereocenters. The second-order valence-electron chi connectivity index (χ2n) is 52.7. The smallest absolute Gasteiger partial charge is 0.382 e. The fraction of sp³-hybridized carbons (Fsp3) is 0.641. The van der Waals surface area contributed by atoms with E-state index in [1.807, 2.05) is 28.4 Å². The van der Waals surface area contributed by atoms with Crippen molar-refractivity contribution in [2.24, 2.45) is 47.3 Å². The van der Waals surface area contributed by atoms with Gasteiger partial charge in [0.1, 0.15) is 12.1 Å². The fourth-order valence-corrected chi connectivity index (χ4v) is 20.9. The topological polar surface area (TPSA) is 188 Å². The molecule has 10 heterocycles. The number of piperidine rings is 3. The molecule has 8 aromatic rings. The Morgan fingerprint density at radius 3 is 1.23 bits per heavy atom. The molecule has 0 radical (unpaired) electrons. The van der Waals surface area contributed by atoms with Crippen molar-refractivity contribution in [3.8, 4) is 0 Å². The molecule has 0 bridgehead atoms. The number of amides is 2. The van der Waals surface area contributed by atoms with Crippen LogP contribution in [0.2, 0.25) is 0 Å². The number of benzene rings is 5. The van der Waals surface area contributed by atoms with E-state index >= 15 is 0 Å². The molecule has 7 aliphatic rings. The zero-order valence-electron chi connectivity index (χ0n) is 98.6. The van der Waals surface area contributed by atoms with Crippen LogP contribution in [0.1, 0.15) is 336 Å². The van der Waals surface area contributed by atoms with Crippen LogP contribution in [0.25, 0.3) is 0 Å². The molecule has 2 amide bonds. The number of carbonyl (C=O) groups is 2. The third kappa shape index (κ3) is 46.3. The molecule has 0 aliphatic carbocycles. The molecule has 0 saturated carbocycles. The van der Waals surface area contributed by atoms with E-state index in [0.717, 1.165) is 179 Å². The maximum atomic E-state index is 12.4. The predicted octanol–water partition coefficient (Wildman–Crippen LogP) is 27.3. The van der Waals surface area contributed by atoms with Gasteiger partial charge in [0.05, 0.1) is 12.8 Å². The van der Waals surface area contributed by atoms with Crippen molar-refractivity contribution >= 4 is 33.3 Å². The minimum atomic E-state index is -4.08. The number of anilines is 2. The summed E-state index contributed by atoms with van der Waals surface area (Å²) in [6.07, 6.45) is 21.6. The van der Waals surface area contributed by atoms with Crippen LogP contribution in [-0.2, 0) is 116 Å². The molecular formula is C128H198F3N11O7S. The van der Waals surface area contributed by atoms with Gasteiger partial charge in [0.2, 0.25) is 21.8 Å². The average molecular weight is 2090 g/mol. The van der Waals surface area contributed by atoms with E-state index < -0.39 is 22.7 Å². The van der Waals surface area contributed by atoms with E-state index in [4.69, 9.17) is 14.2 Å². The van der Waals surface area contributed by atoms with E-state index in [0.29, 0.717) is 67.7 Å². The second kappa shape index (κ2) is 57.8. The van der Waals surface area contributed by atoms with Gasteiger partial charge >= 0.3 is 6.18 Å². The number of nitrogens with one attached hydrogen (secondary N) is 2. The number of sulfonamides is 1. The zero-order valence-corrected chi connectivity index (χ0v) is 99.4. The van der Waals surface area contributed by atoms with Gasteiger partial charge in [0.15, 0.2) is 0 Å². The summed E-state index contributed by atoms with van der Waals surface area (Å²) >= 11 is 0. The highest BCUT2D eigenvalue weighted by molar-refractivity contribution is 7.88. The lowest BCUT2D eigenvalue weighted by Crippen LogP contribution is -2.41. The van der Waals surface area contributed by atoms with Crippen LogP contribution in [-0.4, -0.2) is 208 Å². The number of likely N-dealkylation sites (tertiary alicyclic amines) is 3. The molecule has 15 rings (SSSR count). The highest BCUT2D eigenvalue weighted by Gasteiger charge is 2.35. The molecule has 834 valence electrons. The lowest BCUT2D eigenvalue weighted by Gasteiger charge is -2.32. The number of alkyl halides is 3. The van der Waals surface area contributed by atoms with Gasteiger partial charge < -0.3 is 39.5 Å². The first kappa shape index (κ1) is 127. The maximum absolute atomic E-state index is 12.4. The van der Waals surface area contributed by atoms with Crippen LogP contribution in [0.15, 0.2) is 171 Å². The number of ether oxygens (including phenoxy) is 3. The van der Waals surface area contributed by atoms with Crippen LogP contribution < -0.4 is 10.6 Å². The highest BCUT2D eigenvalue weighted by atomic mass is 32.2. The van der Waals surface area contributed by atoms with Crippen molar-refractivity contribution in [3.05, 3.63) is 249 Å². The first-order chi connectivity index (χ1) is 69.9. The molecule has 2 N–H and O–H groups in total. The van der Waals surface area contributed by atoms with Crippen LogP contribution in [0.5, 0.6) is 0 Å². The standard InChI is InChI=1S/C18H26F3N.C17H26N2O.C17H27NO2S.2C17H26O.C15H23N3O.C14H21NO.C13H23N3/c1-17(2,3)16-6-4-5-15(12-16)11-14-7-9-22(10-8-14)13-18(19,20)21;1-13(20)19-10-8-15(9-11-19)18-16-7-5-6-14(12-16)17(2,3)4;1-17(2,3)16-7-5-6-15(13-16)12-14-8-10-18(11-9-14)21(4,19)20;2*1-13-12-18-9-8-15(13)10-14-6-5-7-16(11-14)17(2,3)4;1-11(19)18-6-5-12(9-18)7-13-8-14(15(2,3)4)17-10-16-13;1-14(2,3)13-7-12(8-15-9-13)6-11-4-5-16-10-11;1-13(2,3)11-6-7-14-12(10-11)15-8-9-16(4)5/h4-6,12,14H,7-11,13H2,1-3H3;5-7,12,15,18H,8-11H2,1-4H3;5-7,13-14H,8-12H2,1-4H3;2*5-7,11,13,15H,8-10,12H2,1-4H3;8,10,12H,5-7,9H2,1-4H3;7-9,11H,4-6,10H2,1-3H3;6-7,10H,8-9H2,1-5H3,(H,14,15)/t;;;2*13-,15?;;;/m...10.../s1. The SMILES string of the molecule is CC(=O)N1CCC(Cc2cc(C(C)(C)C)ncn2)C1.CC(=O)N1CCC(Nc2cccc(C(C)(C)C)c2)CC1.CC(C)(C)c1cccc(CC2CCN(CC(F)(F)F)CC2)c1.CC(C)(C)c1cccc(CC2CCN(S(C)(=O)=O)CC2)c1.CC(C)(C)c1cncc(CC2CCOC2)c1.CN(C)CCNc1cc(C(C)(C)C)ccn1.C[C@@H]1COCCC1Cc1cccc(C(C)(C)C)c1.C[C@H]1COCCC1Cc1cccc(C(C)(C)C)c1. The number of hydrogen-bond donors (Lipinski definition) is 2. The number of aromatic nitrogens is 4. The molecule has 7 saturated heterocycles. The largest absolute Gasteiger partial charge is 0.401 e. The molecule has 18 nitrogen and oxygen atoms in total. The Hall–Kier alpha value is -8.48. The van der Waals surface area contributed by atoms with Gasteiger partial charge in [-0.15, -0.1) is 0 Å². The summed E-state index contributed by atoms with van der Waals surface area (Å²) in [6.45, 7) is 74.1. The minimum absolute atomic E-state index is 0.0544. The molecule has 7 aliphatic heterocycles. The lowest BCUT2D eigenvalue weighted by molar-refractivity contribution is -0.148. The Morgan fingerprint density at radius 1 is 0.413 bits per heavy atom. The fourth-order valence-electron chi connectivity index (χ4n) is 20.1. The molecule has 22 heteroatoms. The van der Waals surface area contributed by atoms with E-state index in [1.165, 1.54) is 116 Å². The van der Waals surface area contributed by atoms with Crippen molar-refractivity contribution in [1.82, 2.24) is 43.8 Å². The number of halogens is 3. The summed E-state index contributed by atoms with van der Waals surface area (Å²) in [7, 11) is 1.13. The van der Waals surface area contributed by atoms with E-state index in [-0.39, 0.29) is 55.1 Å². The van der Waals surface area contributed by atoms with Crippen LogP contribution in [0.3, 0.4) is 0 Å². The Balaban J connectivity index is 0.000000209. The summed E-state index contributed by atoms with van der Waals surface area (Å²) in [5.74, 6) is 6.62. The molecule has 150 heavy (non-hydrogen) atoms. The van der Waals surface area contributed by atoms with Crippen molar-refractivity contribution in [3.63, 3.8) is 0 Å². The number of carbonyl (C=O) groups excluding carboxylic acids is 2. The highest BCUT2D eigenvalue weighted by Crippen LogP contribution is 2.37. The van der Waals surface area contributed by atoms with Crippen molar-refractivity contribution in [1.29, 1.82) is 0 Å². The normalized spacial score (nSPS) is 19.7. The van der Waals surface area contributed by atoms with Gasteiger partial charge in [-0.05, 0) is 312 Å². The Morgan fingerprint density at radius 2 is 0.820 bits per heavy atom. The lowest BCUT2D eigenvalue weighted by atomic mass is 9.82. The quantitative estimate of drug-likeness (QED) is 0.0733. The van der Waals surface area contributed by atoms with Crippen molar-refractivity contribution in [2.45, 2.75) is 352 Å². The molecule has 7 fully saturated rings. The summed E-state index contributed by atoms with van der Waals surface area (Å²) in [5, 5.41) is 6.95. The monoisotopic (exact) mass is 2090 g/mol. The summed E-state index contributed by atoms with van der Waals surface area (Å²) < 4.78 is 78.3. The van der Waals surface area contributed by atoms with Crippen molar-refractivity contribution < 1.29 is 45.4 Å². The maximum Gasteiger partial charge on any atom is 0.401 e. The number of nitrogens with zero attached hydrogens (tertiary/aromatic N) is 9. The summed E-state index contributed by atoms with van der Waals surface area (Å²) in [5.41, 5.74) is 21.3. The zero-order chi connectivity index (χ0) is 111. The van der Waals surface area contributed by atoms with E-state index in [1.54, 1.807) is 24.5 Å². The third-order valence-corrected chi connectivity index (χ3v) is 31.8. The molecule has 3 aromatic heterocycles. The number of hydrogen-bond acceptors (Lipinski definition) is 15. The molecule has 5 aromatic carbocycles. The van der Waals surface area contributed by atoms with Gasteiger partial charge in [-0.25, -0.2) is 27.7 Å². The number of pyridine rings is 2. The van der Waals surface area contributed by atoms with Gasteiger partial charge in [0.25, 0.3) is 0 Å². The van der Waals surface area contributed by atoms with E-state index in [2.05, 4.69) is 375 Å². The predicted molar refractivity (Wildman–Crippen MR) is 620 cm³/mol. The number of likely N-dealkylation sites (N-methyl/N-ethyl adjacent to an activating group) is 1. The van der Waals surface area contributed by atoms with Gasteiger partial charge in [-0.1, -0.05) is 295 Å². The van der Waals surface area contributed by atoms with Crippen LogP contribution in [0.4, 0.5) is 24.7 Å². The number of rotatable bonds is 20. The molecule has 6 atom stereocenters. The van der Waals surface area contributed by atoms with E-state index in [9.17, 15) is 31.2 Å². The Kier molecular flexibility index (Phi) is 48.8. The molecule has 0 spiro atoms. The second-order valence-corrected chi connectivity index (χ2v) is 54.6. The molecular weight excluding hydrogens is 1890 g/mol. The van der Waals surface area contributed by atoms with Crippen LogP contribution in [0, 0.1) is 47.3 Å².